The van der Waals surface area contributed by atoms with Crippen LogP contribution in [-0.2, 0) is 4.84 Å². The lowest BCUT2D eigenvalue weighted by atomic mass is 10.1. The number of nitrogens with zero attached hydrogens (tertiary/aromatic N) is 3. The van der Waals surface area contributed by atoms with Crippen LogP contribution in [0.15, 0.2) is 42.1 Å². The quantitative estimate of drug-likeness (QED) is 0.832. The number of alkyl halides is 3. The van der Waals surface area contributed by atoms with E-state index in [1.165, 1.54) is 30.9 Å². The van der Waals surface area contributed by atoms with Crippen LogP contribution in [0.5, 0.6) is 11.5 Å². The van der Waals surface area contributed by atoms with Gasteiger partial charge in [-0.2, -0.15) is 0 Å². The van der Waals surface area contributed by atoms with E-state index in [4.69, 9.17) is 21.2 Å². The molecule has 24 heavy (non-hydrogen) atoms. The Morgan fingerprint density at radius 3 is 2.62 bits per heavy atom. The van der Waals surface area contributed by atoms with Gasteiger partial charge >= 0.3 is 6.36 Å². The zero-order valence-electron chi connectivity index (χ0n) is 11.8. The summed E-state index contributed by atoms with van der Waals surface area (Å²) in [6.07, 6.45) is -0.773. The SMILES string of the molecule is FC(F)(F)Oc1ccc([C@H]2CC(Oc3cncnc3)=NO2)cc1Cl. The molecule has 1 aromatic carbocycles. The molecule has 1 aliphatic heterocycles. The maximum atomic E-state index is 12.2. The Balaban J connectivity index is 1.65. The fraction of sp³-hybridized carbons (Fsp3) is 0.214. The van der Waals surface area contributed by atoms with Gasteiger partial charge in [0.25, 0.3) is 0 Å². The minimum atomic E-state index is -4.81. The first-order valence-electron chi connectivity index (χ1n) is 6.61. The minimum absolute atomic E-state index is 0.181. The van der Waals surface area contributed by atoms with Crippen molar-refractivity contribution < 1.29 is 27.5 Å². The van der Waals surface area contributed by atoms with E-state index in [9.17, 15) is 13.2 Å². The van der Waals surface area contributed by atoms with Crippen molar-refractivity contribution in [3.63, 3.8) is 0 Å². The van der Waals surface area contributed by atoms with Gasteiger partial charge < -0.3 is 14.3 Å². The van der Waals surface area contributed by atoms with Crippen molar-refractivity contribution in [1.29, 1.82) is 0 Å². The number of oxime groups is 1. The van der Waals surface area contributed by atoms with E-state index in [0.29, 0.717) is 17.2 Å². The molecule has 10 heteroatoms. The molecule has 1 aliphatic rings. The molecule has 0 saturated heterocycles. The lowest BCUT2D eigenvalue weighted by molar-refractivity contribution is -0.274. The van der Waals surface area contributed by atoms with Crippen LogP contribution in [0.2, 0.25) is 5.02 Å². The number of hydrogen-bond acceptors (Lipinski definition) is 6. The number of hydrogen-bond donors (Lipinski definition) is 0. The molecule has 0 fully saturated rings. The fourth-order valence-corrected chi connectivity index (χ4v) is 2.22. The maximum Gasteiger partial charge on any atom is 0.573 e. The summed E-state index contributed by atoms with van der Waals surface area (Å²) >= 11 is 5.81. The number of rotatable bonds is 3. The summed E-state index contributed by atoms with van der Waals surface area (Å²) in [4.78, 5) is 12.8. The maximum absolute atomic E-state index is 12.2. The molecule has 0 amide bonds. The molecule has 1 atom stereocenters. The third-order valence-corrected chi connectivity index (χ3v) is 3.26. The van der Waals surface area contributed by atoms with Crippen molar-refractivity contribution in [2.24, 2.45) is 5.16 Å². The van der Waals surface area contributed by atoms with Crippen LogP contribution in [0.3, 0.4) is 0 Å². The van der Waals surface area contributed by atoms with Crippen molar-refractivity contribution >= 4 is 17.5 Å². The molecule has 0 aliphatic carbocycles. The van der Waals surface area contributed by atoms with Crippen LogP contribution >= 0.6 is 11.6 Å². The molecule has 3 rings (SSSR count). The number of ether oxygens (including phenoxy) is 2. The Morgan fingerprint density at radius 1 is 1.21 bits per heavy atom. The van der Waals surface area contributed by atoms with Crippen LogP contribution in [0.25, 0.3) is 0 Å². The summed E-state index contributed by atoms with van der Waals surface area (Å²) < 4.78 is 45.9. The average Bonchev–Trinajstić information content (AvgIpc) is 2.97. The van der Waals surface area contributed by atoms with Crippen molar-refractivity contribution in [3.8, 4) is 11.5 Å². The Morgan fingerprint density at radius 2 is 1.96 bits per heavy atom. The highest BCUT2D eigenvalue weighted by molar-refractivity contribution is 6.32. The second-order valence-corrected chi connectivity index (χ2v) is 5.10. The summed E-state index contributed by atoms with van der Waals surface area (Å²) in [5.41, 5.74) is 0.543. The molecule has 0 saturated carbocycles. The molecular formula is C14H9ClF3N3O3. The Labute approximate surface area is 138 Å². The van der Waals surface area contributed by atoms with Gasteiger partial charge in [0, 0.05) is 0 Å². The molecule has 0 spiro atoms. The second-order valence-electron chi connectivity index (χ2n) is 4.70. The zero-order valence-corrected chi connectivity index (χ0v) is 12.6. The van der Waals surface area contributed by atoms with Gasteiger partial charge in [-0.3, -0.25) is 0 Å². The highest BCUT2D eigenvalue weighted by Gasteiger charge is 2.32. The number of halogens is 4. The van der Waals surface area contributed by atoms with Gasteiger partial charge in [-0.25, -0.2) is 9.97 Å². The molecule has 0 bridgehead atoms. The monoisotopic (exact) mass is 359 g/mol. The summed E-state index contributed by atoms with van der Waals surface area (Å²) in [5, 5.41) is 3.60. The topological polar surface area (TPSA) is 65.8 Å². The second kappa shape index (κ2) is 6.52. The summed E-state index contributed by atoms with van der Waals surface area (Å²) in [7, 11) is 0. The van der Waals surface area contributed by atoms with Crippen LogP contribution in [-0.4, -0.2) is 22.2 Å². The Hall–Kier alpha value is -2.55. The van der Waals surface area contributed by atoms with Gasteiger partial charge in [0.05, 0.1) is 23.8 Å². The van der Waals surface area contributed by atoms with E-state index >= 15 is 0 Å². The largest absolute Gasteiger partial charge is 0.573 e. The van der Waals surface area contributed by atoms with Crippen molar-refractivity contribution in [1.82, 2.24) is 9.97 Å². The van der Waals surface area contributed by atoms with Crippen molar-refractivity contribution in [2.45, 2.75) is 18.9 Å². The third kappa shape index (κ3) is 4.05. The molecule has 0 N–H and O–H groups in total. The number of aromatic nitrogens is 2. The summed E-state index contributed by atoms with van der Waals surface area (Å²) in [5.74, 6) is 0.207. The van der Waals surface area contributed by atoms with Crippen LogP contribution < -0.4 is 9.47 Å². The Kier molecular flexibility index (Phi) is 4.43. The smallest absolute Gasteiger partial charge is 0.436 e. The van der Waals surface area contributed by atoms with Gasteiger partial charge in [0.1, 0.15) is 12.1 Å². The van der Waals surface area contributed by atoms with Crippen LogP contribution in [0.4, 0.5) is 13.2 Å². The van der Waals surface area contributed by atoms with E-state index in [2.05, 4.69) is 19.9 Å². The van der Waals surface area contributed by atoms with E-state index in [-0.39, 0.29) is 11.4 Å². The predicted molar refractivity (Wildman–Crippen MR) is 76.7 cm³/mol. The van der Waals surface area contributed by atoms with Gasteiger partial charge in [0.2, 0.25) is 5.90 Å². The lowest BCUT2D eigenvalue weighted by Gasteiger charge is -2.13. The summed E-state index contributed by atoms with van der Waals surface area (Å²) in [6, 6.07) is 3.87. The normalized spacial score (nSPS) is 17.2. The molecule has 0 radical (unpaired) electrons. The molecule has 2 aromatic rings. The predicted octanol–water partition coefficient (Wildman–Crippen LogP) is 3.88. The fourth-order valence-electron chi connectivity index (χ4n) is 1.99. The third-order valence-electron chi connectivity index (χ3n) is 2.97. The van der Waals surface area contributed by atoms with Crippen molar-refractivity contribution in [3.05, 3.63) is 47.5 Å². The van der Waals surface area contributed by atoms with Crippen LogP contribution in [0, 0.1) is 0 Å². The summed E-state index contributed by atoms with van der Waals surface area (Å²) in [6.45, 7) is 0. The standard InChI is InChI=1S/C14H9ClF3N3O3/c15-10-3-8(1-2-11(10)23-14(16,17)18)12-4-13(21-24-12)22-9-5-19-7-20-6-9/h1-3,5-7,12H,4H2/t12-/m1/s1. The molecule has 1 aromatic heterocycles. The molecule has 2 heterocycles. The first-order valence-corrected chi connectivity index (χ1v) is 6.99. The van der Waals surface area contributed by atoms with Gasteiger partial charge in [-0.15, -0.1) is 13.2 Å². The van der Waals surface area contributed by atoms with Gasteiger partial charge in [0.15, 0.2) is 11.9 Å². The van der Waals surface area contributed by atoms with E-state index < -0.39 is 18.2 Å². The molecule has 6 nitrogen and oxygen atoms in total. The molecule has 126 valence electrons. The minimum Gasteiger partial charge on any atom is -0.436 e. The van der Waals surface area contributed by atoms with E-state index in [1.807, 2.05) is 0 Å². The molecule has 0 unspecified atom stereocenters. The highest BCUT2D eigenvalue weighted by Crippen LogP contribution is 2.35. The average molecular weight is 360 g/mol. The van der Waals surface area contributed by atoms with Crippen molar-refractivity contribution in [2.75, 3.05) is 0 Å². The van der Waals surface area contributed by atoms with E-state index in [0.717, 1.165) is 6.07 Å². The highest BCUT2D eigenvalue weighted by atomic mass is 35.5. The van der Waals surface area contributed by atoms with Crippen LogP contribution in [0.1, 0.15) is 18.1 Å². The molecular weight excluding hydrogens is 351 g/mol. The van der Waals surface area contributed by atoms with E-state index in [1.54, 1.807) is 0 Å². The van der Waals surface area contributed by atoms with Gasteiger partial charge in [-0.05, 0) is 17.7 Å². The first kappa shape index (κ1) is 16.3. The zero-order chi connectivity index (χ0) is 17.2. The number of benzene rings is 1. The lowest BCUT2D eigenvalue weighted by Crippen LogP contribution is -2.17. The Bertz CT molecular complexity index is 756. The first-order chi connectivity index (χ1) is 11.4. The van der Waals surface area contributed by atoms with Gasteiger partial charge in [-0.1, -0.05) is 22.8 Å².